The minimum Gasteiger partial charge on any atom is -1.00 e. The lowest BCUT2D eigenvalue weighted by molar-refractivity contribution is -0.00000709. The van der Waals surface area contributed by atoms with Gasteiger partial charge in [0.25, 0.3) is 0 Å². The van der Waals surface area contributed by atoms with Crippen molar-refractivity contribution in [1.29, 1.82) is 0 Å². The number of aromatic hydroxyl groups is 1. The Balaban J connectivity index is 0.00000264. The predicted molar refractivity (Wildman–Crippen MR) is 89.9 cm³/mol. The monoisotopic (exact) mass is 334 g/mol. The first-order valence-corrected chi connectivity index (χ1v) is 7.83. The second-order valence-corrected chi connectivity index (χ2v) is 5.92. The number of benzene rings is 2. The SMILES string of the molecule is CC(CCc1ccccc1)NC(C)C(O)c1ccc(O)cc1.[Cl-]. The molecule has 0 bridgehead atoms. The maximum atomic E-state index is 10.4. The molecule has 0 amide bonds. The average molecular weight is 335 g/mol. The lowest BCUT2D eigenvalue weighted by Crippen LogP contribution is -3.00. The molecule has 23 heavy (non-hydrogen) atoms. The third-order valence-corrected chi connectivity index (χ3v) is 3.96. The van der Waals surface area contributed by atoms with Crippen LogP contribution in [0, 0.1) is 0 Å². The van der Waals surface area contributed by atoms with Gasteiger partial charge in [-0.1, -0.05) is 42.5 Å². The summed E-state index contributed by atoms with van der Waals surface area (Å²) in [4.78, 5) is 0. The van der Waals surface area contributed by atoms with Crippen molar-refractivity contribution in [2.75, 3.05) is 0 Å². The Hall–Kier alpha value is -1.55. The fourth-order valence-electron chi connectivity index (χ4n) is 2.61. The largest absolute Gasteiger partial charge is 1.00 e. The van der Waals surface area contributed by atoms with Gasteiger partial charge in [0.05, 0.1) is 6.10 Å². The van der Waals surface area contributed by atoms with Gasteiger partial charge in [-0.2, -0.15) is 0 Å². The van der Waals surface area contributed by atoms with E-state index in [2.05, 4.69) is 36.5 Å². The number of phenols is 1. The Morgan fingerprint density at radius 2 is 1.57 bits per heavy atom. The molecule has 126 valence electrons. The van der Waals surface area contributed by atoms with E-state index < -0.39 is 6.10 Å². The first kappa shape index (κ1) is 19.5. The van der Waals surface area contributed by atoms with Crippen molar-refractivity contribution in [2.45, 2.75) is 44.9 Å². The van der Waals surface area contributed by atoms with Crippen molar-refractivity contribution in [2.24, 2.45) is 0 Å². The second-order valence-electron chi connectivity index (χ2n) is 5.92. The van der Waals surface area contributed by atoms with Crippen LogP contribution in [-0.2, 0) is 6.42 Å². The average Bonchev–Trinajstić information content (AvgIpc) is 2.54. The number of aryl methyl sites for hydroxylation is 1. The van der Waals surface area contributed by atoms with Gasteiger partial charge in [0, 0.05) is 12.1 Å². The van der Waals surface area contributed by atoms with E-state index in [0.717, 1.165) is 18.4 Å². The number of rotatable bonds is 7. The summed E-state index contributed by atoms with van der Waals surface area (Å²) in [7, 11) is 0. The maximum absolute atomic E-state index is 10.4. The molecule has 0 heterocycles. The standard InChI is InChI=1S/C19H25NO2.ClH/c1-14(8-9-16-6-4-3-5-7-16)20-15(2)19(22)17-10-12-18(21)13-11-17;/h3-7,10-15,19-22H,8-9H2,1-2H3;1H/p-1. The van der Waals surface area contributed by atoms with E-state index >= 15 is 0 Å². The van der Waals surface area contributed by atoms with Crippen LogP contribution >= 0.6 is 0 Å². The van der Waals surface area contributed by atoms with E-state index in [0.29, 0.717) is 6.04 Å². The molecule has 0 aliphatic carbocycles. The number of aliphatic hydroxyl groups is 1. The number of aliphatic hydroxyl groups excluding tert-OH is 1. The van der Waals surface area contributed by atoms with Gasteiger partial charge in [-0.05, 0) is 49.9 Å². The van der Waals surface area contributed by atoms with Crippen LogP contribution in [0.3, 0.4) is 0 Å². The van der Waals surface area contributed by atoms with Crippen LogP contribution in [0.2, 0.25) is 0 Å². The molecule has 0 saturated heterocycles. The van der Waals surface area contributed by atoms with E-state index in [1.807, 2.05) is 13.0 Å². The van der Waals surface area contributed by atoms with Crippen LogP contribution in [-0.4, -0.2) is 22.3 Å². The van der Waals surface area contributed by atoms with E-state index in [-0.39, 0.29) is 24.2 Å². The molecular formula is C19H25ClNO2-. The smallest absolute Gasteiger partial charge is 0.115 e. The van der Waals surface area contributed by atoms with Crippen molar-refractivity contribution in [3.05, 3.63) is 65.7 Å². The van der Waals surface area contributed by atoms with Crippen molar-refractivity contribution in [3.8, 4) is 5.75 Å². The van der Waals surface area contributed by atoms with Crippen LogP contribution in [0.1, 0.15) is 37.5 Å². The fraction of sp³-hybridized carbons (Fsp3) is 0.368. The molecule has 2 aromatic rings. The van der Waals surface area contributed by atoms with Crippen LogP contribution in [0.15, 0.2) is 54.6 Å². The Kier molecular flexibility index (Phi) is 8.10. The number of halogens is 1. The van der Waals surface area contributed by atoms with Gasteiger partial charge in [0.15, 0.2) is 0 Å². The molecule has 0 aliphatic rings. The number of phenolic OH excluding ortho intramolecular Hbond substituents is 1. The van der Waals surface area contributed by atoms with E-state index in [1.165, 1.54) is 5.56 Å². The first-order chi connectivity index (χ1) is 10.6. The van der Waals surface area contributed by atoms with Gasteiger partial charge in [0.2, 0.25) is 0 Å². The second kappa shape index (κ2) is 9.56. The molecule has 4 heteroatoms. The quantitative estimate of drug-likeness (QED) is 0.688. The molecule has 3 N–H and O–H groups in total. The minimum atomic E-state index is -0.584. The zero-order valence-electron chi connectivity index (χ0n) is 13.6. The Morgan fingerprint density at radius 1 is 0.957 bits per heavy atom. The topological polar surface area (TPSA) is 52.5 Å². The summed E-state index contributed by atoms with van der Waals surface area (Å²) < 4.78 is 0. The fourth-order valence-corrected chi connectivity index (χ4v) is 2.61. The van der Waals surface area contributed by atoms with Gasteiger partial charge in [-0.25, -0.2) is 0 Å². The zero-order valence-corrected chi connectivity index (χ0v) is 14.4. The van der Waals surface area contributed by atoms with Crippen molar-refractivity contribution < 1.29 is 22.6 Å². The lowest BCUT2D eigenvalue weighted by Gasteiger charge is -2.25. The highest BCUT2D eigenvalue weighted by atomic mass is 35.5. The molecule has 0 radical (unpaired) electrons. The Bertz CT molecular complexity index is 559. The molecule has 2 aromatic carbocycles. The molecule has 3 nitrogen and oxygen atoms in total. The maximum Gasteiger partial charge on any atom is 0.115 e. The van der Waals surface area contributed by atoms with Crippen molar-refractivity contribution in [1.82, 2.24) is 5.32 Å². The summed E-state index contributed by atoms with van der Waals surface area (Å²) in [5.41, 5.74) is 2.15. The number of nitrogens with one attached hydrogen (secondary N) is 1. The van der Waals surface area contributed by atoms with E-state index in [1.54, 1.807) is 24.3 Å². The zero-order chi connectivity index (χ0) is 15.9. The predicted octanol–water partition coefficient (Wildman–Crippen LogP) is 0.429. The summed E-state index contributed by atoms with van der Waals surface area (Å²) in [5.74, 6) is 0.216. The van der Waals surface area contributed by atoms with Crippen LogP contribution in [0.25, 0.3) is 0 Å². The normalized spacial score (nSPS) is 14.6. The van der Waals surface area contributed by atoms with Crippen LogP contribution in [0.4, 0.5) is 0 Å². The minimum absolute atomic E-state index is 0. The lowest BCUT2D eigenvalue weighted by atomic mass is 10.0. The molecular weight excluding hydrogens is 310 g/mol. The van der Waals surface area contributed by atoms with Gasteiger partial charge in [-0.3, -0.25) is 0 Å². The molecule has 0 saturated carbocycles. The number of hydrogen-bond donors (Lipinski definition) is 3. The first-order valence-electron chi connectivity index (χ1n) is 7.83. The third kappa shape index (κ3) is 6.22. The number of hydrogen-bond acceptors (Lipinski definition) is 3. The Labute approximate surface area is 144 Å². The van der Waals surface area contributed by atoms with Crippen LogP contribution in [0.5, 0.6) is 5.75 Å². The molecule has 0 aliphatic heterocycles. The molecule has 0 fully saturated rings. The summed E-state index contributed by atoms with van der Waals surface area (Å²) in [6.45, 7) is 4.12. The van der Waals surface area contributed by atoms with E-state index in [4.69, 9.17) is 0 Å². The molecule has 2 rings (SSSR count). The highest BCUT2D eigenvalue weighted by Crippen LogP contribution is 2.20. The van der Waals surface area contributed by atoms with Gasteiger partial charge in [0.1, 0.15) is 5.75 Å². The van der Waals surface area contributed by atoms with E-state index in [9.17, 15) is 10.2 Å². The van der Waals surface area contributed by atoms with Crippen LogP contribution < -0.4 is 17.7 Å². The van der Waals surface area contributed by atoms with Gasteiger partial charge < -0.3 is 27.9 Å². The summed E-state index contributed by atoms with van der Waals surface area (Å²) in [6, 6.07) is 17.4. The summed E-state index contributed by atoms with van der Waals surface area (Å²) in [5, 5.41) is 23.1. The van der Waals surface area contributed by atoms with Gasteiger partial charge >= 0.3 is 0 Å². The molecule has 0 spiro atoms. The summed E-state index contributed by atoms with van der Waals surface area (Å²) >= 11 is 0. The third-order valence-electron chi connectivity index (χ3n) is 3.96. The highest BCUT2D eigenvalue weighted by Gasteiger charge is 2.18. The van der Waals surface area contributed by atoms with Crippen molar-refractivity contribution >= 4 is 0 Å². The molecule has 3 unspecified atom stereocenters. The Morgan fingerprint density at radius 3 is 2.17 bits per heavy atom. The molecule has 3 atom stereocenters. The van der Waals surface area contributed by atoms with Crippen molar-refractivity contribution in [3.63, 3.8) is 0 Å². The highest BCUT2D eigenvalue weighted by molar-refractivity contribution is 5.27. The molecule has 0 aromatic heterocycles. The van der Waals surface area contributed by atoms with Gasteiger partial charge in [-0.15, -0.1) is 0 Å². The summed E-state index contributed by atoms with van der Waals surface area (Å²) in [6.07, 6.45) is 1.47.